The molecule has 1 aliphatic heterocycles. The van der Waals surface area contributed by atoms with E-state index in [1.165, 1.54) is 6.08 Å². The molecule has 3 heterocycles. The highest BCUT2D eigenvalue weighted by atomic mass is 16.5. The van der Waals surface area contributed by atoms with Crippen molar-refractivity contribution >= 4 is 12.0 Å². The van der Waals surface area contributed by atoms with Gasteiger partial charge in [0.05, 0.1) is 18.5 Å². The van der Waals surface area contributed by atoms with Crippen LogP contribution in [0.4, 0.5) is 0 Å². The monoisotopic (exact) mass is 313 g/mol. The van der Waals surface area contributed by atoms with Crippen molar-refractivity contribution in [3.63, 3.8) is 0 Å². The average Bonchev–Trinajstić information content (AvgIpc) is 3.08. The van der Waals surface area contributed by atoms with Crippen LogP contribution in [-0.2, 0) is 4.79 Å². The molecule has 1 amide bonds. The van der Waals surface area contributed by atoms with Crippen molar-refractivity contribution in [2.24, 2.45) is 0 Å². The molecule has 2 aromatic rings. The maximum Gasteiger partial charge on any atom is 0.246 e. The molecule has 1 fully saturated rings. The van der Waals surface area contributed by atoms with E-state index in [4.69, 9.17) is 9.15 Å². The summed E-state index contributed by atoms with van der Waals surface area (Å²) in [5, 5.41) is 7.99. The fraction of sp³-hybridized carbons (Fsp3) is 0.353. The van der Waals surface area contributed by atoms with Crippen molar-refractivity contribution in [1.82, 2.24) is 15.1 Å². The van der Waals surface area contributed by atoms with E-state index < -0.39 is 0 Å². The highest BCUT2D eigenvalue weighted by Gasteiger charge is 2.24. The number of ether oxygens (including phenoxy) is 1. The first-order chi connectivity index (χ1) is 11.2. The summed E-state index contributed by atoms with van der Waals surface area (Å²) in [7, 11) is 0. The predicted octanol–water partition coefficient (Wildman–Crippen LogP) is 2.46. The summed E-state index contributed by atoms with van der Waals surface area (Å²) in [6, 6.07) is 7.26. The Labute approximate surface area is 134 Å². The zero-order valence-corrected chi connectivity index (χ0v) is 13.0. The standard InChI is InChI=1S/C17H19N3O3/c1-13-6-8-16(19-18-13)23-15-4-2-10-20(12-15)17(21)9-7-14-5-3-11-22-14/h3,5-9,11,15H,2,4,10,12H2,1H3. The minimum atomic E-state index is -0.0540. The highest BCUT2D eigenvalue weighted by Crippen LogP contribution is 2.17. The lowest BCUT2D eigenvalue weighted by atomic mass is 10.1. The molecule has 0 saturated carbocycles. The fourth-order valence-electron chi connectivity index (χ4n) is 2.50. The molecule has 0 radical (unpaired) electrons. The van der Waals surface area contributed by atoms with Gasteiger partial charge in [0, 0.05) is 18.7 Å². The number of hydrogen-bond donors (Lipinski definition) is 0. The van der Waals surface area contributed by atoms with E-state index in [-0.39, 0.29) is 12.0 Å². The van der Waals surface area contributed by atoms with Gasteiger partial charge in [-0.15, -0.1) is 5.10 Å². The van der Waals surface area contributed by atoms with Gasteiger partial charge in [-0.3, -0.25) is 4.79 Å². The topological polar surface area (TPSA) is 68.5 Å². The van der Waals surface area contributed by atoms with Gasteiger partial charge in [-0.2, -0.15) is 5.10 Å². The van der Waals surface area contributed by atoms with Crippen molar-refractivity contribution in [3.05, 3.63) is 48.1 Å². The van der Waals surface area contributed by atoms with Crippen LogP contribution in [0.3, 0.4) is 0 Å². The van der Waals surface area contributed by atoms with Crippen LogP contribution in [0, 0.1) is 6.92 Å². The molecular formula is C17H19N3O3. The smallest absolute Gasteiger partial charge is 0.246 e. The third kappa shape index (κ3) is 4.18. The summed E-state index contributed by atoms with van der Waals surface area (Å²) in [6.45, 7) is 3.17. The van der Waals surface area contributed by atoms with Gasteiger partial charge in [0.1, 0.15) is 11.9 Å². The second kappa shape index (κ2) is 7.09. The second-order valence-corrected chi connectivity index (χ2v) is 5.53. The van der Waals surface area contributed by atoms with E-state index in [0.717, 1.165) is 25.1 Å². The number of rotatable bonds is 4. The van der Waals surface area contributed by atoms with Crippen molar-refractivity contribution < 1.29 is 13.9 Å². The Morgan fingerprint density at radius 2 is 2.30 bits per heavy atom. The molecule has 0 spiro atoms. The number of piperidine rings is 1. The minimum absolute atomic E-state index is 0.0373. The fourth-order valence-corrected chi connectivity index (χ4v) is 2.50. The van der Waals surface area contributed by atoms with E-state index in [9.17, 15) is 4.79 Å². The second-order valence-electron chi connectivity index (χ2n) is 5.53. The number of aromatic nitrogens is 2. The third-order valence-corrected chi connectivity index (χ3v) is 3.68. The van der Waals surface area contributed by atoms with Crippen molar-refractivity contribution in [2.75, 3.05) is 13.1 Å². The molecule has 0 N–H and O–H groups in total. The Bertz CT molecular complexity index is 665. The Morgan fingerprint density at radius 3 is 3.04 bits per heavy atom. The van der Waals surface area contributed by atoms with Crippen LogP contribution in [0.5, 0.6) is 5.88 Å². The molecule has 1 atom stereocenters. The maximum atomic E-state index is 12.2. The number of amides is 1. The quantitative estimate of drug-likeness (QED) is 0.811. The van der Waals surface area contributed by atoms with Gasteiger partial charge in [0.15, 0.2) is 0 Å². The number of nitrogens with zero attached hydrogens (tertiary/aromatic N) is 3. The zero-order valence-electron chi connectivity index (χ0n) is 13.0. The van der Waals surface area contributed by atoms with Crippen LogP contribution in [0.15, 0.2) is 41.0 Å². The molecule has 2 aromatic heterocycles. The van der Waals surface area contributed by atoms with Crippen LogP contribution in [-0.4, -0.2) is 40.2 Å². The van der Waals surface area contributed by atoms with Crippen LogP contribution >= 0.6 is 0 Å². The lowest BCUT2D eigenvalue weighted by Gasteiger charge is -2.31. The molecule has 0 aromatic carbocycles. The summed E-state index contributed by atoms with van der Waals surface area (Å²) in [4.78, 5) is 14.0. The first-order valence-electron chi connectivity index (χ1n) is 7.68. The minimum Gasteiger partial charge on any atom is -0.471 e. The average molecular weight is 313 g/mol. The van der Waals surface area contributed by atoms with Gasteiger partial charge in [0.25, 0.3) is 0 Å². The predicted molar refractivity (Wildman–Crippen MR) is 84.7 cm³/mol. The van der Waals surface area contributed by atoms with E-state index in [1.54, 1.807) is 29.4 Å². The normalized spacial score (nSPS) is 18.3. The molecule has 1 saturated heterocycles. The van der Waals surface area contributed by atoms with Gasteiger partial charge >= 0.3 is 0 Å². The molecule has 120 valence electrons. The van der Waals surface area contributed by atoms with Gasteiger partial charge in [-0.1, -0.05) is 0 Å². The Morgan fingerprint density at radius 1 is 1.39 bits per heavy atom. The Balaban J connectivity index is 1.57. The van der Waals surface area contributed by atoms with Gasteiger partial charge in [0.2, 0.25) is 11.8 Å². The molecule has 1 aliphatic rings. The van der Waals surface area contributed by atoms with Gasteiger partial charge < -0.3 is 14.1 Å². The molecule has 6 heteroatoms. The van der Waals surface area contributed by atoms with E-state index in [2.05, 4.69) is 10.2 Å². The lowest BCUT2D eigenvalue weighted by molar-refractivity contribution is -0.128. The largest absolute Gasteiger partial charge is 0.471 e. The number of aryl methyl sites for hydroxylation is 1. The molecule has 1 unspecified atom stereocenters. The van der Waals surface area contributed by atoms with Crippen molar-refractivity contribution in [1.29, 1.82) is 0 Å². The molecule has 3 rings (SSSR count). The van der Waals surface area contributed by atoms with Gasteiger partial charge in [-0.25, -0.2) is 0 Å². The Kier molecular flexibility index (Phi) is 4.71. The van der Waals surface area contributed by atoms with E-state index in [0.29, 0.717) is 18.2 Å². The van der Waals surface area contributed by atoms with E-state index >= 15 is 0 Å². The molecule has 0 bridgehead atoms. The van der Waals surface area contributed by atoms with E-state index in [1.807, 2.05) is 19.1 Å². The number of furan rings is 1. The van der Waals surface area contributed by atoms with Gasteiger partial charge in [-0.05, 0) is 44.0 Å². The first-order valence-corrected chi connectivity index (χ1v) is 7.68. The number of hydrogen-bond acceptors (Lipinski definition) is 5. The van der Waals surface area contributed by atoms with Crippen molar-refractivity contribution in [3.8, 4) is 5.88 Å². The number of carbonyl (C=O) groups excluding carboxylic acids is 1. The van der Waals surface area contributed by atoms with Crippen molar-refractivity contribution in [2.45, 2.75) is 25.9 Å². The van der Waals surface area contributed by atoms with Crippen LogP contribution in [0.1, 0.15) is 24.3 Å². The molecule has 6 nitrogen and oxygen atoms in total. The summed E-state index contributed by atoms with van der Waals surface area (Å²) in [5.74, 6) is 1.13. The third-order valence-electron chi connectivity index (χ3n) is 3.68. The highest BCUT2D eigenvalue weighted by molar-refractivity contribution is 5.91. The summed E-state index contributed by atoms with van der Waals surface area (Å²) >= 11 is 0. The molecular weight excluding hydrogens is 294 g/mol. The SMILES string of the molecule is Cc1ccc(OC2CCCN(C(=O)C=Cc3ccco3)C2)nn1. The van der Waals surface area contributed by atoms with Crippen LogP contribution < -0.4 is 4.74 Å². The zero-order chi connectivity index (χ0) is 16.1. The summed E-state index contributed by atoms with van der Waals surface area (Å²) in [5.41, 5.74) is 0.848. The molecule has 23 heavy (non-hydrogen) atoms. The molecule has 0 aliphatic carbocycles. The maximum absolute atomic E-state index is 12.2. The lowest BCUT2D eigenvalue weighted by Crippen LogP contribution is -2.43. The summed E-state index contributed by atoms with van der Waals surface area (Å²) < 4.78 is 11.0. The Hall–Kier alpha value is -2.63. The van der Waals surface area contributed by atoms with Crippen LogP contribution in [0.2, 0.25) is 0 Å². The first kappa shape index (κ1) is 15.3. The summed E-state index contributed by atoms with van der Waals surface area (Å²) in [6.07, 6.45) is 6.55. The number of carbonyl (C=O) groups is 1. The number of likely N-dealkylation sites (tertiary alicyclic amines) is 1. The van der Waals surface area contributed by atoms with Crippen LogP contribution in [0.25, 0.3) is 6.08 Å².